The second kappa shape index (κ2) is 13.3. The van der Waals surface area contributed by atoms with Crippen molar-refractivity contribution in [3.8, 4) is 5.75 Å². The molecule has 0 fully saturated rings. The van der Waals surface area contributed by atoms with Crippen LogP contribution < -0.4 is 10.1 Å². The van der Waals surface area contributed by atoms with E-state index in [-0.39, 0.29) is 24.8 Å². The van der Waals surface area contributed by atoms with E-state index in [1.54, 1.807) is 0 Å². The molecule has 1 N–H and O–H groups in total. The van der Waals surface area contributed by atoms with Gasteiger partial charge in [-0.2, -0.15) is 0 Å². The lowest BCUT2D eigenvalue weighted by atomic mass is 10.2. The van der Waals surface area contributed by atoms with Crippen molar-refractivity contribution in [1.29, 1.82) is 0 Å². The van der Waals surface area contributed by atoms with Gasteiger partial charge in [-0.05, 0) is 45.7 Å². The van der Waals surface area contributed by atoms with Gasteiger partial charge in [-0.1, -0.05) is 48.0 Å². The highest BCUT2D eigenvalue weighted by molar-refractivity contribution is 6.31. The van der Waals surface area contributed by atoms with E-state index in [4.69, 9.17) is 16.3 Å². The zero-order valence-corrected chi connectivity index (χ0v) is 17.1. The Morgan fingerprint density at radius 2 is 1.60 bits per heavy atom. The average molecular weight is 406 g/mol. The molecule has 0 amide bonds. The molecule has 2 rings (SSSR count). The molecule has 0 aliphatic rings. The van der Waals surface area contributed by atoms with Crippen LogP contribution in [0.15, 0.2) is 48.5 Å². The van der Waals surface area contributed by atoms with Crippen molar-refractivity contribution in [3.63, 3.8) is 0 Å². The van der Waals surface area contributed by atoms with Crippen LogP contribution >= 0.6 is 36.4 Å². The van der Waals surface area contributed by atoms with E-state index < -0.39 is 0 Å². The maximum absolute atomic E-state index is 6.18. The van der Waals surface area contributed by atoms with Gasteiger partial charge < -0.3 is 15.0 Å². The minimum atomic E-state index is 0. The first kappa shape index (κ1) is 24.0. The van der Waals surface area contributed by atoms with Crippen LogP contribution in [-0.4, -0.2) is 32.1 Å². The predicted molar refractivity (Wildman–Crippen MR) is 112 cm³/mol. The van der Waals surface area contributed by atoms with Gasteiger partial charge in [0, 0.05) is 22.7 Å². The van der Waals surface area contributed by atoms with Gasteiger partial charge in [0.15, 0.2) is 0 Å². The minimum absolute atomic E-state index is 0. The largest absolute Gasteiger partial charge is 0.489 e. The minimum Gasteiger partial charge on any atom is -0.489 e. The Bertz CT molecular complexity index is 609. The zero-order valence-electron chi connectivity index (χ0n) is 14.7. The van der Waals surface area contributed by atoms with Crippen LogP contribution in [0.4, 0.5) is 0 Å². The lowest BCUT2D eigenvalue weighted by molar-refractivity contribution is 0.302. The number of hydrogen-bond acceptors (Lipinski definition) is 3. The molecular weight excluding hydrogens is 379 g/mol. The fourth-order valence-electron chi connectivity index (χ4n) is 2.30. The van der Waals surface area contributed by atoms with Gasteiger partial charge in [-0.3, -0.25) is 0 Å². The highest BCUT2D eigenvalue weighted by Gasteiger charge is 2.05. The maximum Gasteiger partial charge on any atom is 0.124 e. The summed E-state index contributed by atoms with van der Waals surface area (Å²) >= 11 is 6.18. The van der Waals surface area contributed by atoms with E-state index in [1.165, 1.54) is 5.56 Å². The summed E-state index contributed by atoms with van der Waals surface area (Å²) in [4.78, 5) is 2.20. The van der Waals surface area contributed by atoms with Gasteiger partial charge in [-0.25, -0.2) is 0 Å². The van der Waals surface area contributed by atoms with Crippen molar-refractivity contribution < 1.29 is 4.74 Å². The first-order valence-corrected chi connectivity index (χ1v) is 8.34. The summed E-state index contributed by atoms with van der Waals surface area (Å²) in [6, 6.07) is 15.9. The molecular formula is C19H27Cl3N2O. The Morgan fingerprint density at radius 1 is 0.960 bits per heavy atom. The van der Waals surface area contributed by atoms with E-state index in [2.05, 4.69) is 30.4 Å². The summed E-state index contributed by atoms with van der Waals surface area (Å²) in [5.41, 5.74) is 2.17. The Balaban J connectivity index is 0.00000288. The summed E-state index contributed by atoms with van der Waals surface area (Å²) < 4.78 is 5.97. The third-order valence-corrected chi connectivity index (χ3v) is 3.96. The van der Waals surface area contributed by atoms with Crippen LogP contribution in [-0.2, 0) is 13.2 Å². The van der Waals surface area contributed by atoms with E-state index >= 15 is 0 Å². The molecule has 0 saturated heterocycles. The molecule has 140 valence electrons. The predicted octanol–water partition coefficient (Wildman–Crippen LogP) is 4.80. The third kappa shape index (κ3) is 8.80. The number of nitrogens with one attached hydrogen (secondary N) is 1. The van der Waals surface area contributed by atoms with Crippen LogP contribution in [0.25, 0.3) is 0 Å². The van der Waals surface area contributed by atoms with Crippen LogP contribution in [0.5, 0.6) is 5.75 Å². The van der Waals surface area contributed by atoms with Crippen LogP contribution in [0, 0.1) is 0 Å². The third-order valence-electron chi connectivity index (χ3n) is 3.59. The molecule has 2 aromatic carbocycles. The Hall–Kier alpha value is -0.970. The summed E-state index contributed by atoms with van der Waals surface area (Å²) in [5, 5.41) is 4.22. The Morgan fingerprint density at radius 3 is 2.28 bits per heavy atom. The summed E-state index contributed by atoms with van der Waals surface area (Å²) in [6.45, 7) is 3.39. The van der Waals surface area contributed by atoms with Crippen LogP contribution in [0.3, 0.4) is 0 Å². The number of nitrogens with zero attached hydrogens (tertiary/aromatic N) is 1. The smallest absolute Gasteiger partial charge is 0.124 e. The van der Waals surface area contributed by atoms with E-state index in [0.29, 0.717) is 6.61 Å². The van der Waals surface area contributed by atoms with E-state index in [9.17, 15) is 0 Å². The SMILES string of the molecule is CN(C)CCCNCc1ccccc1OCc1ccccc1Cl.Cl.Cl. The Kier molecular flexibility index (Phi) is 12.7. The van der Waals surface area contributed by atoms with Crippen molar-refractivity contribution in [3.05, 3.63) is 64.7 Å². The van der Waals surface area contributed by atoms with E-state index in [1.807, 2.05) is 42.5 Å². The van der Waals surface area contributed by atoms with Crippen molar-refractivity contribution in [2.24, 2.45) is 0 Å². The summed E-state index contributed by atoms with van der Waals surface area (Å²) in [7, 11) is 4.19. The van der Waals surface area contributed by atoms with Gasteiger partial charge in [-0.15, -0.1) is 24.8 Å². The maximum atomic E-state index is 6.18. The molecule has 0 aliphatic heterocycles. The number of para-hydroxylation sites is 1. The van der Waals surface area contributed by atoms with Gasteiger partial charge in [0.05, 0.1) is 0 Å². The number of ether oxygens (including phenoxy) is 1. The molecule has 0 heterocycles. The molecule has 25 heavy (non-hydrogen) atoms. The van der Waals surface area contributed by atoms with Gasteiger partial charge in [0.25, 0.3) is 0 Å². The normalized spacial score (nSPS) is 10.1. The van der Waals surface area contributed by atoms with Crippen LogP contribution in [0.2, 0.25) is 5.02 Å². The van der Waals surface area contributed by atoms with Crippen molar-refractivity contribution in [1.82, 2.24) is 10.2 Å². The van der Waals surface area contributed by atoms with Crippen molar-refractivity contribution in [2.45, 2.75) is 19.6 Å². The molecule has 0 aromatic heterocycles. The van der Waals surface area contributed by atoms with Crippen LogP contribution in [0.1, 0.15) is 17.5 Å². The first-order chi connectivity index (χ1) is 11.2. The monoisotopic (exact) mass is 404 g/mol. The fraction of sp³-hybridized carbons (Fsp3) is 0.368. The van der Waals surface area contributed by atoms with Gasteiger partial charge in [0.1, 0.15) is 12.4 Å². The molecule has 0 saturated carbocycles. The molecule has 0 unspecified atom stereocenters. The molecule has 2 aromatic rings. The second-order valence-corrected chi connectivity index (χ2v) is 6.23. The lowest BCUT2D eigenvalue weighted by Crippen LogP contribution is -2.21. The summed E-state index contributed by atoms with van der Waals surface area (Å²) in [6.07, 6.45) is 1.13. The molecule has 0 spiro atoms. The first-order valence-electron chi connectivity index (χ1n) is 7.96. The molecule has 0 aliphatic carbocycles. The second-order valence-electron chi connectivity index (χ2n) is 5.82. The molecule has 3 nitrogen and oxygen atoms in total. The molecule has 0 bridgehead atoms. The number of benzene rings is 2. The quantitative estimate of drug-likeness (QED) is 0.606. The average Bonchev–Trinajstić information content (AvgIpc) is 2.54. The fourth-order valence-corrected chi connectivity index (χ4v) is 2.50. The highest BCUT2D eigenvalue weighted by atomic mass is 35.5. The number of halogens is 3. The summed E-state index contributed by atoms with van der Waals surface area (Å²) in [5.74, 6) is 0.910. The molecule has 0 atom stereocenters. The molecule has 0 radical (unpaired) electrons. The Labute approximate surface area is 168 Å². The number of rotatable bonds is 9. The standard InChI is InChI=1S/C19H25ClN2O.2ClH/c1-22(2)13-7-12-21-14-16-8-4-6-11-19(16)23-15-17-9-3-5-10-18(17)20;;/h3-6,8-11,21H,7,12-15H2,1-2H3;2*1H. The lowest BCUT2D eigenvalue weighted by Gasteiger charge is -2.13. The highest BCUT2D eigenvalue weighted by Crippen LogP contribution is 2.21. The van der Waals surface area contributed by atoms with Crippen molar-refractivity contribution >= 4 is 36.4 Å². The molecule has 6 heteroatoms. The topological polar surface area (TPSA) is 24.5 Å². The van der Waals surface area contributed by atoms with E-state index in [0.717, 1.165) is 42.4 Å². The zero-order chi connectivity index (χ0) is 16.5. The number of hydrogen-bond donors (Lipinski definition) is 1. The van der Waals surface area contributed by atoms with Gasteiger partial charge in [0.2, 0.25) is 0 Å². The van der Waals surface area contributed by atoms with Crippen molar-refractivity contribution in [2.75, 3.05) is 27.2 Å². The van der Waals surface area contributed by atoms with Gasteiger partial charge >= 0.3 is 0 Å².